The van der Waals surface area contributed by atoms with E-state index in [2.05, 4.69) is 36.4 Å². The molecule has 0 bridgehead atoms. The number of methoxy groups -OCH3 is 1. The van der Waals surface area contributed by atoms with Crippen molar-refractivity contribution in [1.82, 2.24) is 40.3 Å². The van der Waals surface area contributed by atoms with Crippen LogP contribution in [0.2, 0.25) is 0 Å². The molecule has 2 amide bonds. The Kier molecular flexibility index (Phi) is 5.66. The molecule has 1 aromatic carbocycles. The second-order valence-electron chi connectivity index (χ2n) is 5.61. The second-order valence-corrected chi connectivity index (χ2v) is 5.61. The standard InChI is InChI=1S/C15H18FN9O2/c1-10(14-21-17-8-24(14)5-6-27-2)19-15(26)20-13-7-11(3-4-12(13)16)25-9-18-22-23-25/h3-4,7-10H,5-6H2,1-2H3,(H2,19,20,26)/t10-/m0/s1. The first-order chi connectivity index (χ1) is 13.1. The van der Waals surface area contributed by atoms with Crippen LogP contribution in [0.5, 0.6) is 0 Å². The van der Waals surface area contributed by atoms with Crippen molar-refractivity contribution in [2.45, 2.75) is 19.5 Å². The number of nitrogens with zero attached hydrogens (tertiary/aromatic N) is 7. The van der Waals surface area contributed by atoms with Crippen molar-refractivity contribution in [3.05, 3.63) is 42.5 Å². The minimum atomic E-state index is -0.587. The van der Waals surface area contributed by atoms with Crippen LogP contribution in [0.25, 0.3) is 5.69 Å². The van der Waals surface area contributed by atoms with Gasteiger partial charge in [0, 0.05) is 13.7 Å². The quantitative estimate of drug-likeness (QED) is 0.629. The molecule has 0 aliphatic heterocycles. The Morgan fingerprint density at radius 1 is 1.33 bits per heavy atom. The van der Waals surface area contributed by atoms with E-state index >= 15 is 0 Å². The van der Waals surface area contributed by atoms with Gasteiger partial charge in [-0.1, -0.05) is 0 Å². The number of aromatic nitrogens is 7. The molecule has 12 heteroatoms. The highest BCUT2D eigenvalue weighted by atomic mass is 19.1. The van der Waals surface area contributed by atoms with Crippen molar-refractivity contribution >= 4 is 11.7 Å². The van der Waals surface area contributed by atoms with Gasteiger partial charge in [0.1, 0.15) is 18.5 Å². The van der Waals surface area contributed by atoms with Crippen molar-refractivity contribution in [3.63, 3.8) is 0 Å². The van der Waals surface area contributed by atoms with Gasteiger partial charge in [-0.3, -0.25) is 0 Å². The van der Waals surface area contributed by atoms with Crippen LogP contribution in [0.3, 0.4) is 0 Å². The van der Waals surface area contributed by atoms with E-state index < -0.39 is 17.9 Å². The number of tetrazole rings is 1. The van der Waals surface area contributed by atoms with Gasteiger partial charge in [-0.15, -0.1) is 15.3 Å². The van der Waals surface area contributed by atoms with Crippen molar-refractivity contribution in [1.29, 1.82) is 0 Å². The molecule has 0 radical (unpaired) electrons. The van der Waals surface area contributed by atoms with E-state index in [0.717, 1.165) is 0 Å². The smallest absolute Gasteiger partial charge is 0.319 e. The van der Waals surface area contributed by atoms with Gasteiger partial charge in [0.15, 0.2) is 5.82 Å². The Bertz CT molecular complexity index is 897. The maximum absolute atomic E-state index is 14.0. The number of benzene rings is 1. The number of carbonyl (C=O) groups is 1. The molecule has 0 unspecified atom stereocenters. The van der Waals surface area contributed by atoms with E-state index in [4.69, 9.17) is 4.74 Å². The molecule has 1 atom stereocenters. The van der Waals surface area contributed by atoms with Gasteiger partial charge in [0.2, 0.25) is 0 Å². The summed E-state index contributed by atoms with van der Waals surface area (Å²) in [6.07, 6.45) is 2.92. The van der Waals surface area contributed by atoms with Gasteiger partial charge < -0.3 is 19.9 Å². The van der Waals surface area contributed by atoms with Gasteiger partial charge in [-0.2, -0.15) is 0 Å². The number of amides is 2. The number of rotatable bonds is 7. The van der Waals surface area contributed by atoms with Gasteiger partial charge in [0.05, 0.1) is 24.0 Å². The molecule has 3 rings (SSSR count). The highest BCUT2D eigenvalue weighted by Gasteiger charge is 2.17. The second kappa shape index (κ2) is 8.31. The monoisotopic (exact) mass is 375 g/mol. The third-order valence-corrected chi connectivity index (χ3v) is 3.73. The lowest BCUT2D eigenvalue weighted by molar-refractivity contribution is 0.185. The number of ether oxygens (including phenoxy) is 1. The van der Waals surface area contributed by atoms with E-state index in [-0.39, 0.29) is 5.69 Å². The first-order valence-electron chi connectivity index (χ1n) is 8.05. The molecule has 11 nitrogen and oxygen atoms in total. The van der Waals surface area contributed by atoms with E-state index in [1.165, 1.54) is 29.2 Å². The lowest BCUT2D eigenvalue weighted by Crippen LogP contribution is -2.33. The van der Waals surface area contributed by atoms with Crippen molar-refractivity contribution in [3.8, 4) is 5.69 Å². The van der Waals surface area contributed by atoms with E-state index in [1.54, 1.807) is 24.9 Å². The fourth-order valence-corrected chi connectivity index (χ4v) is 2.41. The van der Waals surface area contributed by atoms with Crippen molar-refractivity contribution in [2.24, 2.45) is 0 Å². The first-order valence-corrected chi connectivity index (χ1v) is 8.05. The molecule has 0 aliphatic carbocycles. The van der Waals surface area contributed by atoms with Crippen LogP contribution in [0, 0.1) is 5.82 Å². The van der Waals surface area contributed by atoms with Gasteiger partial charge >= 0.3 is 6.03 Å². The summed E-state index contributed by atoms with van der Waals surface area (Å²) in [5.41, 5.74) is 0.498. The minimum absolute atomic E-state index is 0.00597. The summed E-state index contributed by atoms with van der Waals surface area (Å²) in [5, 5.41) is 23.8. The number of urea groups is 1. The summed E-state index contributed by atoms with van der Waals surface area (Å²) in [6, 6.07) is 3.11. The molecule has 0 saturated carbocycles. The zero-order valence-electron chi connectivity index (χ0n) is 14.7. The Labute approximate surface area is 153 Å². The number of anilines is 1. The van der Waals surface area contributed by atoms with E-state index in [0.29, 0.717) is 24.7 Å². The van der Waals surface area contributed by atoms with Crippen LogP contribution in [-0.4, -0.2) is 54.7 Å². The number of carbonyl (C=O) groups excluding carboxylic acids is 1. The highest BCUT2D eigenvalue weighted by molar-refractivity contribution is 5.89. The lowest BCUT2D eigenvalue weighted by Gasteiger charge is -2.16. The van der Waals surface area contributed by atoms with E-state index in [9.17, 15) is 9.18 Å². The van der Waals surface area contributed by atoms with Crippen LogP contribution in [0.1, 0.15) is 18.8 Å². The van der Waals surface area contributed by atoms with Gasteiger partial charge in [0.25, 0.3) is 0 Å². The fraction of sp³-hybridized carbons (Fsp3) is 0.333. The Morgan fingerprint density at radius 2 is 2.19 bits per heavy atom. The van der Waals surface area contributed by atoms with Crippen LogP contribution in [-0.2, 0) is 11.3 Å². The Morgan fingerprint density at radius 3 is 2.93 bits per heavy atom. The summed E-state index contributed by atoms with van der Waals surface area (Å²) in [6.45, 7) is 2.79. The average Bonchev–Trinajstić information content (AvgIpc) is 3.33. The number of halogens is 1. The predicted molar refractivity (Wildman–Crippen MR) is 91.6 cm³/mol. The first kappa shape index (κ1) is 18.4. The Hall–Kier alpha value is -3.41. The normalized spacial score (nSPS) is 12.0. The van der Waals surface area contributed by atoms with Gasteiger partial charge in [-0.25, -0.2) is 13.9 Å². The summed E-state index contributed by atoms with van der Waals surface area (Å²) >= 11 is 0. The SMILES string of the molecule is COCCn1cnnc1[C@H](C)NC(=O)Nc1cc(-n2cnnn2)ccc1F. The molecule has 3 aromatic rings. The molecular formula is C15H18FN9O2. The van der Waals surface area contributed by atoms with Crippen LogP contribution in [0.4, 0.5) is 14.9 Å². The summed E-state index contributed by atoms with van der Waals surface area (Å²) in [5.74, 6) is -0.0250. The molecule has 2 aromatic heterocycles. The topological polar surface area (TPSA) is 125 Å². The van der Waals surface area contributed by atoms with E-state index in [1.807, 2.05) is 0 Å². The zero-order chi connectivity index (χ0) is 19.2. The van der Waals surface area contributed by atoms with Gasteiger partial charge in [-0.05, 0) is 35.5 Å². The minimum Gasteiger partial charge on any atom is -0.383 e. The fourth-order valence-electron chi connectivity index (χ4n) is 2.41. The highest BCUT2D eigenvalue weighted by Crippen LogP contribution is 2.18. The molecule has 2 heterocycles. The summed E-state index contributed by atoms with van der Waals surface area (Å²) < 4.78 is 22.2. The number of hydrogen-bond donors (Lipinski definition) is 2. The maximum atomic E-state index is 14.0. The van der Waals surface area contributed by atoms with Crippen LogP contribution in [0.15, 0.2) is 30.9 Å². The molecule has 0 saturated heterocycles. The molecule has 27 heavy (non-hydrogen) atoms. The zero-order valence-corrected chi connectivity index (χ0v) is 14.7. The number of nitrogens with one attached hydrogen (secondary N) is 2. The number of hydrogen-bond acceptors (Lipinski definition) is 7. The largest absolute Gasteiger partial charge is 0.383 e. The third kappa shape index (κ3) is 4.41. The molecule has 0 fully saturated rings. The molecule has 2 N–H and O–H groups in total. The summed E-state index contributed by atoms with van der Waals surface area (Å²) in [4.78, 5) is 12.3. The van der Waals surface area contributed by atoms with Crippen LogP contribution < -0.4 is 10.6 Å². The Balaban J connectivity index is 1.67. The van der Waals surface area contributed by atoms with Crippen LogP contribution >= 0.6 is 0 Å². The predicted octanol–water partition coefficient (Wildman–Crippen LogP) is 0.922. The molecule has 0 aliphatic rings. The molecule has 0 spiro atoms. The average molecular weight is 375 g/mol. The summed E-state index contributed by atoms with van der Waals surface area (Å²) in [7, 11) is 1.59. The maximum Gasteiger partial charge on any atom is 0.319 e. The van der Waals surface area contributed by atoms with Crippen molar-refractivity contribution < 1.29 is 13.9 Å². The molecular weight excluding hydrogens is 357 g/mol. The van der Waals surface area contributed by atoms with Crippen molar-refractivity contribution in [2.75, 3.05) is 19.0 Å². The third-order valence-electron chi connectivity index (χ3n) is 3.73. The molecule has 142 valence electrons. The lowest BCUT2D eigenvalue weighted by atomic mass is 10.2.